The van der Waals surface area contributed by atoms with Crippen molar-refractivity contribution in [3.8, 4) is 0 Å². The van der Waals surface area contributed by atoms with Crippen molar-refractivity contribution in [3.05, 3.63) is 0 Å². The minimum Gasteiger partial charge on any atom is -0.477 e. The molecule has 8 aliphatic heterocycles. The molecule has 8 heterocycles. The number of aliphatic carboxylic acids is 3. The Hall–Kier alpha value is -4.33. The maximum atomic E-state index is 13.8. The summed E-state index contributed by atoms with van der Waals surface area (Å²) in [7, 11) is 0. The largest absolute Gasteiger partial charge is 0.477 e. The Kier molecular flexibility index (Phi) is 32.7. The molecule has 113 heavy (non-hydrogen) atoms. The molecule has 0 aliphatic carbocycles. The molecule has 52 heteroatoms. The Morgan fingerprint density at radius 2 is 0.796 bits per heavy atom. The maximum Gasteiger partial charge on any atom is 0.364 e. The van der Waals surface area contributed by atoms with E-state index in [1.165, 1.54) is 0 Å². The molecule has 52 nitrogen and oxygen atoms in total. The van der Waals surface area contributed by atoms with Gasteiger partial charge in [-0.05, 0) is 0 Å². The first kappa shape index (κ1) is 94.2. The van der Waals surface area contributed by atoms with Gasteiger partial charge in [-0.1, -0.05) is 0 Å². The summed E-state index contributed by atoms with van der Waals surface area (Å²) in [5.74, 6) is -19.7. The number of carboxylic acids is 3. The molecule has 0 radical (unpaired) electrons. The lowest BCUT2D eigenvalue weighted by molar-refractivity contribution is -0.419. The van der Waals surface area contributed by atoms with Crippen LogP contribution in [0.3, 0.4) is 0 Å². The Labute approximate surface area is 635 Å². The van der Waals surface area contributed by atoms with Gasteiger partial charge in [0.1, 0.15) is 189 Å². The molecule has 8 aliphatic rings. The molecular formula is C61H100N2O50. The second-order valence-corrected chi connectivity index (χ2v) is 28.2. The zero-order valence-corrected chi connectivity index (χ0v) is 59.5. The number of carboxylic acid groups (broad SMARTS) is 3. The molecule has 1 unspecified atom stereocenters. The van der Waals surface area contributed by atoms with E-state index in [0.717, 1.165) is 13.8 Å². The fourth-order valence-corrected chi connectivity index (χ4v) is 14.3. The monoisotopic (exact) mass is 1660 g/mol. The van der Waals surface area contributed by atoms with Gasteiger partial charge in [0.05, 0.1) is 77.2 Å². The summed E-state index contributed by atoms with van der Waals surface area (Å²) in [5.41, 5.74) is 0. The lowest BCUT2D eigenvalue weighted by Gasteiger charge is -2.53. The van der Waals surface area contributed by atoms with Gasteiger partial charge >= 0.3 is 17.9 Å². The Morgan fingerprint density at radius 1 is 0.372 bits per heavy atom. The number of carbonyl (C=O) groups is 5. The summed E-state index contributed by atoms with van der Waals surface area (Å²) in [6, 6.07) is -3.87. The normalized spacial score (nSPS) is 46.2. The fraction of sp³-hybridized carbons (Fsp3) is 0.918. The van der Waals surface area contributed by atoms with Gasteiger partial charge < -0.3 is 235 Å². The van der Waals surface area contributed by atoms with Crippen molar-refractivity contribution in [1.29, 1.82) is 0 Å². The van der Waals surface area contributed by atoms with Gasteiger partial charge in [-0.15, -0.1) is 0 Å². The van der Waals surface area contributed by atoms with E-state index in [0.29, 0.717) is 0 Å². The molecule has 0 aromatic rings. The van der Waals surface area contributed by atoms with Crippen LogP contribution < -0.4 is 10.6 Å². The summed E-state index contributed by atoms with van der Waals surface area (Å²) >= 11 is 0. The van der Waals surface area contributed by atoms with E-state index in [4.69, 9.17) is 71.1 Å². The van der Waals surface area contributed by atoms with Crippen LogP contribution in [0, 0.1) is 0 Å². The molecule has 0 aromatic heterocycles. The predicted molar refractivity (Wildman–Crippen MR) is 339 cm³/mol. The molecule has 8 fully saturated rings. The molecule has 0 aromatic carbocycles. The van der Waals surface area contributed by atoms with E-state index >= 15 is 0 Å². The van der Waals surface area contributed by atoms with Crippen LogP contribution in [-0.4, -0.2) is 498 Å². The van der Waals surface area contributed by atoms with Gasteiger partial charge in [0.2, 0.25) is 11.8 Å². The summed E-state index contributed by atoms with van der Waals surface area (Å²) in [6.45, 7) is -9.17. The smallest absolute Gasteiger partial charge is 0.364 e. The first-order valence-electron chi connectivity index (χ1n) is 35.1. The van der Waals surface area contributed by atoms with E-state index < -0.39 is 364 Å². The summed E-state index contributed by atoms with van der Waals surface area (Å²) < 4.78 is 87.8. The van der Waals surface area contributed by atoms with Crippen LogP contribution in [0.25, 0.3) is 0 Å². The van der Waals surface area contributed by atoms with Crippen molar-refractivity contribution in [1.82, 2.24) is 10.6 Å². The quantitative estimate of drug-likeness (QED) is 0.0290. The molecule has 2 amide bonds. The highest BCUT2D eigenvalue weighted by atomic mass is 16.8. The summed E-state index contributed by atoms with van der Waals surface area (Å²) in [6.07, 6.45) is -98.7. The number of aliphatic hydroxyl groups excluding tert-OH is 26. The first-order valence-corrected chi connectivity index (χ1v) is 35.1. The zero-order chi connectivity index (χ0) is 84.3. The minimum absolute atomic E-state index is 0.886. The molecule has 8 rings (SSSR count). The van der Waals surface area contributed by atoms with Crippen molar-refractivity contribution >= 4 is 29.7 Å². The number of nitrogens with one attached hydrogen (secondary N) is 2. The predicted octanol–water partition coefficient (Wildman–Crippen LogP) is -20.5. The van der Waals surface area contributed by atoms with Crippen molar-refractivity contribution in [3.63, 3.8) is 0 Å². The summed E-state index contributed by atoms with van der Waals surface area (Å²) in [5, 5.41) is 337. The zero-order valence-electron chi connectivity index (χ0n) is 59.5. The van der Waals surface area contributed by atoms with E-state index in [1.54, 1.807) is 0 Å². The highest BCUT2D eigenvalue weighted by Gasteiger charge is 2.66. The van der Waals surface area contributed by atoms with Crippen molar-refractivity contribution in [2.24, 2.45) is 0 Å². The van der Waals surface area contributed by atoms with Crippen LogP contribution in [0.5, 0.6) is 0 Å². The molecule has 0 spiro atoms. The van der Waals surface area contributed by atoms with E-state index in [9.17, 15) is 177 Å². The molecule has 0 saturated carbocycles. The highest BCUT2D eigenvalue weighted by Crippen LogP contribution is 2.45. The van der Waals surface area contributed by atoms with Crippen LogP contribution in [-0.2, 0) is 95.0 Å². The number of hydrogen-bond acceptors (Lipinski definition) is 47. The molecule has 0 bridgehead atoms. The number of hydrogen-bond donors (Lipinski definition) is 32. The first-order chi connectivity index (χ1) is 53.0. The van der Waals surface area contributed by atoms with Gasteiger partial charge in [0, 0.05) is 33.1 Å². The van der Waals surface area contributed by atoms with Crippen LogP contribution in [0.2, 0.25) is 0 Å². The average molecular weight is 1660 g/mol. The van der Waals surface area contributed by atoms with Crippen molar-refractivity contribution in [2.45, 2.75) is 295 Å². The van der Waals surface area contributed by atoms with Crippen LogP contribution in [0.1, 0.15) is 33.1 Å². The summed E-state index contributed by atoms with van der Waals surface area (Å²) in [4.78, 5) is 65.1. The van der Waals surface area contributed by atoms with Gasteiger partial charge in [-0.25, -0.2) is 14.4 Å². The SMILES string of the molecule is CC(=O)N[C@H]1[C@H](O[C@@H]2[C@H](O[C@]3(C(=O)O)C[C@H](O)[C@@H](NC(C)=O)[C@H]([C@H](O)[C@H](O)CO)O3)[C@@H](O)[C@H](O[C@@H]3[C@H](O)[C@@H](O[C@@H]4[C@H](O)[C@@H](O[C@H]5[C@@H]([C@H](O)CO)O[C@@](O)(C(=O)O)C[C@H]5O[C@]5(C(=O)O)C[C@@H](O)[C@@H](O)[C@@H]([C@H](O)CO)O5)O[C@H]([C@@H](O)CO)[C@H]4O[C@@H]4O[C@H](CO)[C@@H](O)[C@H](O)[C@H]4O)O[C@H](C(O)CO)[C@H]3O)O[C@@H]2CO)O[C@H](CO)[C@H](O)[C@@H]1O. The molecule has 654 valence electrons. The van der Waals surface area contributed by atoms with Gasteiger partial charge in [-0.3, -0.25) is 9.59 Å². The third-order valence-corrected chi connectivity index (χ3v) is 20.3. The molecule has 8 saturated heterocycles. The van der Waals surface area contributed by atoms with Crippen molar-refractivity contribution in [2.75, 3.05) is 52.9 Å². The third kappa shape index (κ3) is 19.9. The van der Waals surface area contributed by atoms with Gasteiger partial charge in [-0.2, -0.15) is 0 Å². The number of amides is 2. The van der Waals surface area contributed by atoms with Crippen LogP contribution in [0.15, 0.2) is 0 Å². The van der Waals surface area contributed by atoms with E-state index in [-0.39, 0.29) is 0 Å². The highest BCUT2D eigenvalue weighted by molar-refractivity contribution is 5.78. The standard InChI is InChI=1S/C61H100N2O50/c1-14(72)62-27-16(74)3-61(58(96)97,112-46(27)30(82)18(76)6-64)113-49-39(91)53(101-26(13-71)45(49)104-51-28(63-15(2)73)33(85)31(83)24(11-69)99-51)106-47-36(88)40(19(77)7-65)102-54(37(47)89)107-48-38(90)55(103-42(21(79)9-67)50(48)108-52-35(87)34(86)32(84)25(12-70)100-52)105-44-23(5-59(98,56(92)93)110-43(44)22(80)10-68)109-60(57(94)95)4-17(75)29(81)41(111-60)20(78)8-66/h16-55,64-71,74-91,98H,3-13H2,1-2H3,(H,62,72)(H,63,73)(H,92,93)(H,94,95)(H,96,97)/t16-,17+,18+,19?,20+,21-,22+,23+,24+,25+,26+,27+,28+,29+,30+,31-,32+,33+,34-,35+,36+,37-,38-,39+,40+,41+,42+,43+,44+,45-,46+,47-,48+,49+,50+,51-,52-,53-,54+,55+,59+,60+,61-/m0/s1. The molecule has 32 N–H and O–H groups in total. The number of carbonyl (C=O) groups excluding carboxylic acids is 2. The average Bonchev–Trinajstić information content (AvgIpc) is 0.756. The minimum atomic E-state index is -3.69. The topological polar surface area (TPSA) is 855 Å². The second-order valence-electron chi connectivity index (χ2n) is 28.2. The Bertz CT molecular complexity index is 3090. The third-order valence-electron chi connectivity index (χ3n) is 20.3. The molecular weight excluding hydrogens is 1560 g/mol. The van der Waals surface area contributed by atoms with E-state index in [2.05, 4.69) is 10.6 Å². The molecule has 43 atom stereocenters. The van der Waals surface area contributed by atoms with Gasteiger partial charge in [0.15, 0.2) is 31.5 Å². The van der Waals surface area contributed by atoms with Gasteiger partial charge in [0.25, 0.3) is 17.4 Å². The number of aliphatic hydroxyl groups is 27. The fourth-order valence-electron chi connectivity index (χ4n) is 14.3. The number of rotatable bonds is 33. The van der Waals surface area contributed by atoms with E-state index in [1.807, 2.05) is 0 Å². The van der Waals surface area contributed by atoms with Crippen LogP contribution >= 0.6 is 0 Å². The van der Waals surface area contributed by atoms with Crippen LogP contribution in [0.4, 0.5) is 0 Å². The second kappa shape index (κ2) is 39.3. The maximum absolute atomic E-state index is 13.8. The Morgan fingerprint density at radius 3 is 1.34 bits per heavy atom. The number of ether oxygens (including phenoxy) is 15. The lowest BCUT2D eigenvalue weighted by Crippen LogP contribution is -2.72. The Balaban J connectivity index is 1.25. The van der Waals surface area contributed by atoms with Crippen molar-refractivity contribution < 1.29 is 248 Å². The lowest BCUT2D eigenvalue weighted by atomic mass is 9.88.